The molecule has 19 nitrogen and oxygen atoms in total. The minimum absolute atomic E-state index is 0.0120. The quantitative estimate of drug-likeness (QED) is 0.0435. The van der Waals surface area contributed by atoms with Gasteiger partial charge in [0.05, 0.1) is 36.5 Å². The number of nitrogens with one attached hydrogen (secondary N) is 3. The van der Waals surface area contributed by atoms with E-state index in [1.54, 1.807) is 54.8 Å². The number of anilines is 3. The second kappa shape index (κ2) is 28.0. The minimum Gasteiger partial charge on any atom is -0.493 e. The highest BCUT2D eigenvalue weighted by Gasteiger charge is 2.47. The van der Waals surface area contributed by atoms with Crippen LogP contribution in [-0.2, 0) is 53.0 Å². The molecule has 0 bridgehead atoms. The van der Waals surface area contributed by atoms with E-state index < -0.39 is 54.6 Å². The molecular formula is C64H73ClN6O13. The Kier molecular flexibility index (Phi) is 20.1. The maximum Gasteiger partial charge on any atom is 0.416 e. The van der Waals surface area contributed by atoms with Gasteiger partial charge in [-0.05, 0) is 97.2 Å². The molecule has 6 amide bonds. The number of rotatable bonds is 22. The number of alkyl halides is 1. The standard InChI is InChI=1S/C64H73ClN6O13/c1-7-27-80-63(76)68-58(39(3)4)60(74)66-40(5)59(73)67-45-24-22-41(23-25-45)37-82-52-34-51-57(47-19-10-9-18-46(47)52)44(35-65)36-70(51)55(72)31-42-16-15-17-43(30-42)38-83-54-33-50-48(32-53(54)78-6)61(75)69-26-13-11-20-49(69)62(71(50)64(77)81-28-8-2)84-56-21-12-14-29-79-56/h7-10,15-19,22-25,30,32-34,39-40,44,49,56,58,62H,1-2,11-14,20-21,26-29,31,35-38H2,3-6H3,(H,66,74)(H,67,73)(H,68,76)/t40-,44+,49-,56?,58-,62?/m0/s1. The summed E-state index contributed by atoms with van der Waals surface area (Å²) in [6.45, 7) is 13.9. The van der Waals surface area contributed by atoms with Crippen molar-refractivity contribution in [3.8, 4) is 17.2 Å². The molecule has 2 saturated heterocycles. The Labute approximate surface area is 494 Å². The van der Waals surface area contributed by atoms with Gasteiger partial charge in [-0.3, -0.25) is 19.2 Å². The van der Waals surface area contributed by atoms with Crippen LogP contribution in [0.5, 0.6) is 17.2 Å². The molecule has 2 fully saturated rings. The summed E-state index contributed by atoms with van der Waals surface area (Å²) in [7, 11) is 1.49. The highest BCUT2D eigenvalue weighted by molar-refractivity contribution is 6.19. The third-order valence-electron chi connectivity index (χ3n) is 15.4. The van der Waals surface area contributed by atoms with Crippen molar-refractivity contribution < 1.29 is 61.9 Å². The summed E-state index contributed by atoms with van der Waals surface area (Å²) in [6, 6.07) is 25.4. The molecule has 4 aliphatic heterocycles. The number of carbonyl (C=O) groups is 6. The average Bonchev–Trinajstić information content (AvgIpc) is 2.06. The molecule has 6 atom stereocenters. The van der Waals surface area contributed by atoms with Crippen LogP contribution >= 0.6 is 11.6 Å². The lowest BCUT2D eigenvalue weighted by Gasteiger charge is -2.42. The van der Waals surface area contributed by atoms with Gasteiger partial charge in [0.2, 0.25) is 17.7 Å². The van der Waals surface area contributed by atoms with Crippen molar-refractivity contribution in [3.63, 3.8) is 0 Å². The molecule has 0 aromatic heterocycles. The van der Waals surface area contributed by atoms with E-state index >= 15 is 0 Å². The van der Waals surface area contributed by atoms with Crippen molar-refractivity contribution in [2.75, 3.05) is 61.0 Å². The first kappa shape index (κ1) is 60.5. The number of fused-ring (bicyclic) bond motifs is 5. The number of piperidine rings is 1. The van der Waals surface area contributed by atoms with Gasteiger partial charge < -0.3 is 58.9 Å². The number of hydrogen-bond acceptors (Lipinski definition) is 13. The predicted octanol–water partition coefficient (Wildman–Crippen LogP) is 10.3. The Bertz CT molecular complexity index is 3240. The first-order valence-corrected chi connectivity index (χ1v) is 29.1. The number of hydrogen-bond donors (Lipinski definition) is 3. The van der Waals surface area contributed by atoms with Crippen molar-refractivity contribution >= 4 is 75.3 Å². The molecule has 0 aliphatic carbocycles. The van der Waals surface area contributed by atoms with E-state index in [1.165, 1.54) is 24.2 Å². The number of ether oxygens (including phenoxy) is 7. The zero-order valence-electron chi connectivity index (χ0n) is 47.9. The first-order chi connectivity index (χ1) is 40.7. The summed E-state index contributed by atoms with van der Waals surface area (Å²) in [6.07, 6.45) is 4.72. The van der Waals surface area contributed by atoms with E-state index in [2.05, 4.69) is 29.1 Å². The SMILES string of the molecule is C=CCOC(=O)N[C@H](C(=O)N[C@@H](C)C(=O)Nc1ccc(COc2cc3c(c4ccccc24)[C@H](CCl)CN3C(=O)Cc2cccc(COc3cc4c(cc3OC)C(=O)N3CCCC[C@H]3C(OC3CCCCO3)N4C(=O)OCC=C)c2)cc1)C(C)C. The highest BCUT2D eigenvalue weighted by atomic mass is 35.5. The summed E-state index contributed by atoms with van der Waals surface area (Å²) in [5.41, 5.74) is 5.00. The zero-order valence-corrected chi connectivity index (χ0v) is 48.7. The third kappa shape index (κ3) is 13.9. The lowest BCUT2D eigenvalue weighted by atomic mass is 9.95. The Hall–Kier alpha value is -8.13. The van der Waals surface area contributed by atoms with E-state index in [4.69, 9.17) is 44.8 Å². The fourth-order valence-electron chi connectivity index (χ4n) is 11.1. The monoisotopic (exact) mass is 1170 g/mol. The molecule has 3 N–H and O–H groups in total. The molecule has 5 aromatic carbocycles. The normalized spacial score (nSPS) is 18.9. The van der Waals surface area contributed by atoms with Gasteiger partial charge in [-0.25, -0.2) is 14.5 Å². The van der Waals surface area contributed by atoms with Crippen LogP contribution < -0.4 is 40.0 Å². The largest absolute Gasteiger partial charge is 0.493 e. The number of alkyl carbamates (subject to hydrolysis) is 1. The van der Waals surface area contributed by atoms with Crippen LogP contribution in [-0.4, -0.2) is 117 Å². The van der Waals surface area contributed by atoms with Crippen molar-refractivity contribution in [2.24, 2.45) is 5.92 Å². The lowest BCUT2D eigenvalue weighted by molar-refractivity contribution is -0.198. The van der Waals surface area contributed by atoms with Crippen LogP contribution in [0.3, 0.4) is 0 Å². The summed E-state index contributed by atoms with van der Waals surface area (Å²) >= 11 is 6.67. The predicted molar refractivity (Wildman–Crippen MR) is 319 cm³/mol. The fraction of sp³-hybridized carbons (Fsp3) is 0.406. The molecule has 2 unspecified atom stereocenters. The van der Waals surface area contributed by atoms with E-state index in [-0.39, 0.29) is 73.5 Å². The molecule has 0 spiro atoms. The van der Waals surface area contributed by atoms with Crippen molar-refractivity contribution in [3.05, 3.63) is 144 Å². The Morgan fingerprint density at radius 1 is 0.762 bits per heavy atom. The van der Waals surface area contributed by atoms with Crippen LogP contribution in [0, 0.1) is 5.92 Å². The minimum atomic E-state index is -0.929. The van der Waals surface area contributed by atoms with Crippen LogP contribution in [0.2, 0.25) is 0 Å². The number of methoxy groups -OCH3 is 1. The summed E-state index contributed by atoms with van der Waals surface area (Å²) in [4.78, 5) is 86.7. The van der Waals surface area contributed by atoms with Gasteiger partial charge in [0, 0.05) is 54.7 Å². The van der Waals surface area contributed by atoms with Gasteiger partial charge in [0.25, 0.3) is 5.91 Å². The van der Waals surface area contributed by atoms with Gasteiger partial charge in [-0.2, -0.15) is 0 Å². The van der Waals surface area contributed by atoms with Crippen molar-refractivity contribution in [1.29, 1.82) is 0 Å². The number of amides is 6. The maximum atomic E-state index is 14.6. The molecular weight excluding hydrogens is 1100 g/mol. The smallest absolute Gasteiger partial charge is 0.416 e. The van der Waals surface area contributed by atoms with Gasteiger partial charge in [0.1, 0.15) is 44.3 Å². The van der Waals surface area contributed by atoms with E-state index in [9.17, 15) is 28.8 Å². The molecule has 0 saturated carbocycles. The second-order valence-electron chi connectivity index (χ2n) is 21.6. The first-order valence-electron chi connectivity index (χ1n) is 28.6. The van der Waals surface area contributed by atoms with E-state index in [0.29, 0.717) is 61.3 Å². The Balaban J connectivity index is 0.885. The molecule has 84 heavy (non-hydrogen) atoms. The molecule has 5 aromatic rings. The maximum absolute atomic E-state index is 14.6. The zero-order chi connectivity index (χ0) is 59.4. The van der Waals surface area contributed by atoms with Gasteiger partial charge >= 0.3 is 12.2 Å². The summed E-state index contributed by atoms with van der Waals surface area (Å²) in [5.74, 6) is -0.367. The van der Waals surface area contributed by atoms with Crippen LogP contribution in [0.4, 0.5) is 26.7 Å². The number of halogens is 1. The van der Waals surface area contributed by atoms with Gasteiger partial charge in [-0.1, -0.05) is 99.8 Å². The van der Waals surface area contributed by atoms with Crippen LogP contribution in [0.25, 0.3) is 10.8 Å². The van der Waals surface area contributed by atoms with Crippen molar-refractivity contribution in [2.45, 2.75) is 115 Å². The fourth-order valence-corrected chi connectivity index (χ4v) is 11.4. The molecule has 9 rings (SSSR count). The molecule has 4 aliphatic rings. The van der Waals surface area contributed by atoms with E-state index in [0.717, 1.165) is 58.7 Å². The van der Waals surface area contributed by atoms with Crippen LogP contribution in [0.15, 0.2) is 116 Å². The summed E-state index contributed by atoms with van der Waals surface area (Å²) < 4.78 is 42.2. The number of nitrogens with zero attached hydrogens (tertiary/aromatic N) is 3. The average molecular weight is 1170 g/mol. The molecule has 0 radical (unpaired) electrons. The van der Waals surface area contributed by atoms with Crippen molar-refractivity contribution in [1.82, 2.24) is 15.5 Å². The van der Waals surface area contributed by atoms with Gasteiger partial charge in [0.15, 0.2) is 24.0 Å². The third-order valence-corrected chi connectivity index (χ3v) is 15.8. The second-order valence-corrected chi connectivity index (χ2v) is 21.9. The highest BCUT2D eigenvalue weighted by Crippen LogP contribution is 2.47. The molecule has 20 heteroatoms. The van der Waals surface area contributed by atoms with Crippen LogP contribution in [0.1, 0.15) is 97.8 Å². The number of benzene rings is 5. The number of carbonyl (C=O) groups excluding carboxylic acids is 6. The Morgan fingerprint density at radius 3 is 2.20 bits per heavy atom. The summed E-state index contributed by atoms with van der Waals surface area (Å²) in [5, 5.41) is 9.84. The molecule has 4 heterocycles. The molecule has 444 valence electrons. The van der Waals surface area contributed by atoms with Gasteiger partial charge in [-0.15, -0.1) is 11.6 Å². The van der Waals surface area contributed by atoms with E-state index in [1.807, 2.05) is 66.7 Å². The topological polar surface area (TPSA) is 213 Å². The lowest BCUT2D eigenvalue weighted by Crippen LogP contribution is -2.57. The Morgan fingerprint density at radius 2 is 1.48 bits per heavy atom.